The summed E-state index contributed by atoms with van der Waals surface area (Å²) in [5.41, 5.74) is 2.29. The summed E-state index contributed by atoms with van der Waals surface area (Å²) < 4.78 is 11.4. The Labute approximate surface area is 138 Å². The Morgan fingerprint density at radius 3 is 2.61 bits per heavy atom. The summed E-state index contributed by atoms with van der Waals surface area (Å²) in [6.07, 6.45) is 2.65. The van der Waals surface area contributed by atoms with E-state index in [1.54, 1.807) is 12.1 Å². The van der Waals surface area contributed by atoms with Gasteiger partial charge < -0.3 is 14.6 Å². The van der Waals surface area contributed by atoms with Crippen LogP contribution in [-0.2, 0) is 17.8 Å². The van der Waals surface area contributed by atoms with Gasteiger partial charge in [0.05, 0.1) is 12.4 Å². The Morgan fingerprint density at radius 2 is 1.87 bits per heavy atom. The summed E-state index contributed by atoms with van der Waals surface area (Å²) in [5.74, 6) is 1.93. The Kier molecular flexibility index (Phi) is 6.55. The predicted molar refractivity (Wildman–Crippen MR) is 92.6 cm³/mol. The maximum atomic E-state index is 9.23. The highest BCUT2D eigenvalue weighted by Gasteiger charge is 2.00. The number of benzene rings is 2. The zero-order valence-corrected chi connectivity index (χ0v) is 13.6. The summed E-state index contributed by atoms with van der Waals surface area (Å²) in [4.78, 5) is 0. The van der Waals surface area contributed by atoms with Crippen molar-refractivity contribution in [3.63, 3.8) is 0 Å². The maximum Gasteiger partial charge on any atom is 0.119 e. The Hall–Kier alpha value is -2.42. The number of hydrogen-bond donors (Lipinski definition) is 1. The largest absolute Gasteiger partial charge is 0.508 e. The molecule has 1 N–H and O–H groups in total. The fraction of sp³-hybridized carbons (Fsp3) is 0.300. The van der Waals surface area contributed by atoms with Gasteiger partial charge in [0, 0.05) is 6.42 Å². The summed E-state index contributed by atoms with van der Waals surface area (Å²) >= 11 is 0. The first-order chi connectivity index (χ1) is 11.2. The second-order valence-corrected chi connectivity index (χ2v) is 5.45. The summed E-state index contributed by atoms with van der Waals surface area (Å²) in [5, 5.41) is 9.23. The summed E-state index contributed by atoms with van der Waals surface area (Å²) in [6, 6.07) is 15.2. The number of ether oxygens (including phenoxy) is 2. The number of allylic oxidation sites excluding steroid dienone is 1. The lowest BCUT2D eigenvalue weighted by Crippen LogP contribution is -2.00. The van der Waals surface area contributed by atoms with Crippen LogP contribution in [0.15, 0.2) is 60.9 Å². The quantitative estimate of drug-likeness (QED) is 0.531. The summed E-state index contributed by atoms with van der Waals surface area (Å²) in [6.45, 7) is 7.18. The van der Waals surface area contributed by atoms with Gasteiger partial charge in [-0.15, -0.1) is 0 Å². The van der Waals surface area contributed by atoms with E-state index >= 15 is 0 Å². The fourth-order valence-electron chi connectivity index (χ4n) is 2.16. The van der Waals surface area contributed by atoms with E-state index in [2.05, 4.69) is 25.6 Å². The van der Waals surface area contributed by atoms with Crippen LogP contribution in [0.25, 0.3) is 0 Å². The lowest BCUT2D eigenvalue weighted by atomic mass is 10.2. The smallest absolute Gasteiger partial charge is 0.119 e. The van der Waals surface area contributed by atoms with Crippen molar-refractivity contribution < 1.29 is 14.6 Å². The zero-order chi connectivity index (χ0) is 16.5. The number of phenolic OH excluding ortho intramolecular Hbond substituents is 1. The van der Waals surface area contributed by atoms with Gasteiger partial charge in [-0.25, -0.2) is 0 Å². The molecule has 3 heteroatoms. The average molecular weight is 312 g/mol. The molecule has 0 heterocycles. The molecule has 3 nitrogen and oxygen atoms in total. The molecule has 0 fully saturated rings. The van der Waals surface area contributed by atoms with Gasteiger partial charge in [0.15, 0.2) is 0 Å². The van der Waals surface area contributed by atoms with Crippen LogP contribution >= 0.6 is 0 Å². The van der Waals surface area contributed by atoms with Gasteiger partial charge in [-0.3, -0.25) is 0 Å². The van der Waals surface area contributed by atoms with E-state index in [1.807, 2.05) is 24.3 Å². The van der Waals surface area contributed by atoms with E-state index in [0.717, 1.165) is 36.3 Å². The third-order valence-electron chi connectivity index (χ3n) is 3.55. The minimum absolute atomic E-state index is 0.261. The molecule has 122 valence electrons. The molecular formula is C20H24O3. The van der Waals surface area contributed by atoms with Crippen LogP contribution in [0.3, 0.4) is 0 Å². The maximum absolute atomic E-state index is 9.23. The minimum Gasteiger partial charge on any atom is -0.508 e. The van der Waals surface area contributed by atoms with Gasteiger partial charge in [0.1, 0.15) is 18.1 Å². The molecule has 0 saturated carbocycles. The second kappa shape index (κ2) is 8.89. The van der Waals surface area contributed by atoms with Gasteiger partial charge in [0.25, 0.3) is 0 Å². The van der Waals surface area contributed by atoms with E-state index in [9.17, 15) is 5.11 Å². The number of aromatic hydroxyl groups is 1. The Bertz CT molecular complexity index is 617. The molecule has 0 aliphatic heterocycles. The molecule has 23 heavy (non-hydrogen) atoms. The molecule has 0 saturated heterocycles. The van der Waals surface area contributed by atoms with Crippen molar-refractivity contribution >= 4 is 0 Å². The second-order valence-electron chi connectivity index (χ2n) is 5.45. The Morgan fingerprint density at radius 1 is 1.09 bits per heavy atom. The van der Waals surface area contributed by atoms with Crippen molar-refractivity contribution in [1.29, 1.82) is 0 Å². The van der Waals surface area contributed by atoms with Gasteiger partial charge in [-0.1, -0.05) is 37.8 Å². The normalized spacial score (nSPS) is 10.3. The third kappa shape index (κ3) is 6.07. The van der Waals surface area contributed by atoms with Crippen molar-refractivity contribution in [3.8, 4) is 11.5 Å². The van der Waals surface area contributed by atoms with Gasteiger partial charge in [0.2, 0.25) is 0 Å². The molecule has 0 atom stereocenters. The molecule has 2 aromatic carbocycles. The highest BCUT2D eigenvalue weighted by atomic mass is 16.5. The van der Waals surface area contributed by atoms with Crippen molar-refractivity contribution in [3.05, 3.63) is 72.0 Å². The highest BCUT2D eigenvalue weighted by Crippen LogP contribution is 2.16. The molecule has 0 radical (unpaired) electrons. The topological polar surface area (TPSA) is 38.7 Å². The van der Waals surface area contributed by atoms with E-state index in [4.69, 9.17) is 9.47 Å². The van der Waals surface area contributed by atoms with Crippen LogP contribution in [0.4, 0.5) is 0 Å². The first kappa shape index (κ1) is 16.9. The first-order valence-corrected chi connectivity index (χ1v) is 7.97. The van der Waals surface area contributed by atoms with Gasteiger partial charge >= 0.3 is 0 Å². The monoisotopic (exact) mass is 312 g/mol. The predicted octanol–water partition coefficient (Wildman–Crippen LogP) is 4.84. The van der Waals surface area contributed by atoms with E-state index in [0.29, 0.717) is 13.2 Å². The van der Waals surface area contributed by atoms with Gasteiger partial charge in [-0.2, -0.15) is 0 Å². The average Bonchev–Trinajstić information content (AvgIpc) is 2.58. The SMILES string of the molecule is C=C(CCCOc1cccc(CC)c1)OCc1ccc(O)cc1. The molecule has 0 bridgehead atoms. The van der Waals surface area contributed by atoms with Crippen LogP contribution in [0.2, 0.25) is 0 Å². The van der Waals surface area contributed by atoms with Crippen molar-refractivity contribution in [1.82, 2.24) is 0 Å². The van der Waals surface area contributed by atoms with Crippen molar-refractivity contribution in [2.45, 2.75) is 32.8 Å². The third-order valence-corrected chi connectivity index (χ3v) is 3.55. The molecule has 0 spiro atoms. The lowest BCUT2D eigenvalue weighted by Gasteiger charge is -2.10. The molecule has 2 rings (SSSR count). The van der Waals surface area contributed by atoms with Crippen LogP contribution in [0, 0.1) is 0 Å². The minimum atomic E-state index is 0.261. The number of rotatable bonds is 9. The number of hydrogen-bond acceptors (Lipinski definition) is 3. The van der Waals surface area contributed by atoms with E-state index < -0.39 is 0 Å². The first-order valence-electron chi connectivity index (χ1n) is 7.97. The zero-order valence-electron chi connectivity index (χ0n) is 13.6. The highest BCUT2D eigenvalue weighted by molar-refractivity contribution is 5.28. The Balaban J connectivity index is 1.63. The molecule has 0 amide bonds. The van der Waals surface area contributed by atoms with E-state index in [1.165, 1.54) is 5.56 Å². The number of aryl methyl sites for hydroxylation is 1. The fourth-order valence-corrected chi connectivity index (χ4v) is 2.16. The molecule has 0 aliphatic carbocycles. The van der Waals surface area contributed by atoms with Gasteiger partial charge in [-0.05, 0) is 48.2 Å². The molecule has 0 aromatic heterocycles. The van der Waals surface area contributed by atoms with Crippen LogP contribution in [-0.4, -0.2) is 11.7 Å². The van der Waals surface area contributed by atoms with Crippen LogP contribution < -0.4 is 4.74 Å². The van der Waals surface area contributed by atoms with Crippen molar-refractivity contribution in [2.24, 2.45) is 0 Å². The molecule has 2 aromatic rings. The molecular weight excluding hydrogens is 288 g/mol. The standard InChI is InChI=1S/C20H24O3/c1-3-17-7-4-8-20(14-17)22-13-5-6-16(2)23-15-18-9-11-19(21)12-10-18/h4,7-12,14,21H,2-3,5-6,13,15H2,1H3. The van der Waals surface area contributed by atoms with Crippen molar-refractivity contribution in [2.75, 3.05) is 6.61 Å². The lowest BCUT2D eigenvalue weighted by molar-refractivity contribution is 0.184. The number of phenols is 1. The molecule has 0 aliphatic rings. The van der Waals surface area contributed by atoms with E-state index in [-0.39, 0.29) is 5.75 Å². The van der Waals surface area contributed by atoms with Crippen LogP contribution in [0.5, 0.6) is 11.5 Å². The molecule has 0 unspecified atom stereocenters. The van der Waals surface area contributed by atoms with Crippen LogP contribution in [0.1, 0.15) is 30.9 Å². The summed E-state index contributed by atoms with van der Waals surface area (Å²) in [7, 11) is 0.